The van der Waals surface area contributed by atoms with Crippen molar-refractivity contribution in [1.29, 1.82) is 0 Å². The number of hydrogen-bond donors (Lipinski definition) is 1. The first-order valence-corrected chi connectivity index (χ1v) is 8.27. The largest absolute Gasteiger partial charge is 0.490 e. The van der Waals surface area contributed by atoms with E-state index >= 15 is 0 Å². The lowest BCUT2D eigenvalue weighted by Gasteiger charge is -2.06. The van der Waals surface area contributed by atoms with Gasteiger partial charge in [-0.2, -0.15) is 0 Å². The van der Waals surface area contributed by atoms with Gasteiger partial charge in [-0.1, -0.05) is 25.0 Å². The van der Waals surface area contributed by atoms with E-state index in [0.717, 1.165) is 31.9 Å². The fraction of sp³-hybridized carbons (Fsp3) is 0.667. The molecule has 118 valence electrons. The van der Waals surface area contributed by atoms with Crippen LogP contribution in [0.5, 0.6) is 5.75 Å². The highest BCUT2D eigenvalue weighted by atomic mass is 16.5. The summed E-state index contributed by atoms with van der Waals surface area (Å²) in [7, 11) is 1.74. The zero-order valence-electron chi connectivity index (χ0n) is 13.5. The Labute approximate surface area is 129 Å². The van der Waals surface area contributed by atoms with E-state index in [-0.39, 0.29) is 0 Å². The molecule has 0 radical (unpaired) electrons. The van der Waals surface area contributed by atoms with Gasteiger partial charge in [0.25, 0.3) is 0 Å². The third kappa shape index (κ3) is 5.68. The maximum atomic E-state index is 5.74. The number of aryl methyl sites for hydroxylation is 1. The van der Waals surface area contributed by atoms with E-state index in [0.29, 0.717) is 6.10 Å². The van der Waals surface area contributed by atoms with E-state index in [4.69, 9.17) is 9.47 Å². The van der Waals surface area contributed by atoms with Crippen molar-refractivity contribution >= 4 is 0 Å². The summed E-state index contributed by atoms with van der Waals surface area (Å²) in [5.74, 6) is 1.09. The van der Waals surface area contributed by atoms with Crippen molar-refractivity contribution in [1.82, 2.24) is 5.32 Å². The molecule has 1 aliphatic heterocycles. The predicted octanol–water partition coefficient (Wildman–Crippen LogP) is 3.35. The SMILES string of the molecule is COCCNCCCCCCc1ccc2c(c1)CC(C)O2. The van der Waals surface area contributed by atoms with Crippen LogP contribution in [0.25, 0.3) is 0 Å². The third-order valence-corrected chi connectivity index (χ3v) is 4.01. The van der Waals surface area contributed by atoms with Crippen molar-refractivity contribution in [2.75, 3.05) is 26.8 Å². The van der Waals surface area contributed by atoms with Crippen molar-refractivity contribution < 1.29 is 9.47 Å². The van der Waals surface area contributed by atoms with E-state index < -0.39 is 0 Å². The lowest BCUT2D eigenvalue weighted by molar-refractivity contribution is 0.199. The molecule has 1 atom stereocenters. The van der Waals surface area contributed by atoms with Crippen LogP contribution in [0.1, 0.15) is 43.7 Å². The van der Waals surface area contributed by atoms with Crippen molar-refractivity contribution in [3.8, 4) is 5.75 Å². The summed E-state index contributed by atoms with van der Waals surface area (Å²) < 4.78 is 10.7. The molecule has 0 fully saturated rings. The molecule has 3 heteroatoms. The molecule has 21 heavy (non-hydrogen) atoms. The van der Waals surface area contributed by atoms with E-state index in [2.05, 4.69) is 30.4 Å². The Balaban J connectivity index is 1.54. The Morgan fingerprint density at radius 1 is 1.19 bits per heavy atom. The van der Waals surface area contributed by atoms with Crippen LogP contribution in [-0.4, -0.2) is 32.9 Å². The number of ether oxygens (including phenoxy) is 2. The zero-order chi connectivity index (χ0) is 14.9. The molecule has 1 N–H and O–H groups in total. The molecular formula is C18H29NO2. The summed E-state index contributed by atoms with van der Waals surface area (Å²) in [4.78, 5) is 0. The van der Waals surface area contributed by atoms with Gasteiger partial charge >= 0.3 is 0 Å². The standard InChI is InChI=1S/C18H29NO2/c1-15-13-17-14-16(8-9-18(17)21-15)7-5-3-4-6-10-19-11-12-20-2/h8-9,14-15,19H,3-7,10-13H2,1-2H3. The Kier molecular flexibility index (Phi) is 7.04. The van der Waals surface area contributed by atoms with E-state index in [1.807, 2.05) is 0 Å². The van der Waals surface area contributed by atoms with Gasteiger partial charge < -0.3 is 14.8 Å². The molecule has 1 aromatic carbocycles. The van der Waals surface area contributed by atoms with Crippen LogP contribution in [-0.2, 0) is 17.6 Å². The Hall–Kier alpha value is -1.06. The summed E-state index contributed by atoms with van der Waals surface area (Å²) in [6.45, 7) is 5.02. The van der Waals surface area contributed by atoms with Gasteiger partial charge in [-0.3, -0.25) is 0 Å². The van der Waals surface area contributed by atoms with Crippen molar-refractivity contribution in [3.63, 3.8) is 0 Å². The molecule has 2 rings (SSSR count). The van der Waals surface area contributed by atoms with Crippen molar-refractivity contribution in [3.05, 3.63) is 29.3 Å². The summed E-state index contributed by atoms with van der Waals surface area (Å²) in [6, 6.07) is 6.71. The average molecular weight is 291 g/mol. The van der Waals surface area contributed by atoms with Gasteiger partial charge in [0.2, 0.25) is 0 Å². The Morgan fingerprint density at radius 2 is 2.05 bits per heavy atom. The van der Waals surface area contributed by atoms with Crippen molar-refractivity contribution in [2.24, 2.45) is 0 Å². The van der Waals surface area contributed by atoms with Crippen LogP contribution >= 0.6 is 0 Å². The van der Waals surface area contributed by atoms with Gasteiger partial charge in [0.05, 0.1) is 6.61 Å². The number of benzene rings is 1. The lowest BCUT2D eigenvalue weighted by Crippen LogP contribution is -2.20. The lowest BCUT2D eigenvalue weighted by atomic mass is 10.0. The minimum Gasteiger partial charge on any atom is -0.490 e. The van der Waals surface area contributed by atoms with E-state index in [1.54, 1.807) is 7.11 Å². The second-order valence-electron chi connectivity index (χ2n) is 5.98. The third-order valence-electron chi connectivity index (χ3n) is 4.01. The quantitative estimate of drug-likeness (QED) is 0.671. The summed E-state index contributed by atoms with van der Waals surface area (Å²) in [6.07, 6.45) is 7.78. The average Bonchev–Trinajstić information content (AvgIpc) is 2.85. The first-order chi connectivity index (χ1) is 10.3. The highest BCUT2D eigenvalue weighted by Gasteiger charge is 2.18. The topological polar surface area (TPSA) is 30.5 Å². The van der Waals surface area contributed by atoms with Crippen LogP contribution in [0.15, 0.2) is 18.2 Å². The molecule has 0 spiro atoms. The van der Waals surface area contributed by atoms with Crippen LogP contribution in [0.3, 0.4) is 0 Å². The Bertz CT molecular complexity index is 420. The molecule has 1 aliphatic rings. The number of fused-ring (bicyclic) bond motifs is 1. The van der Waals surface area contributed by atoms with Crippen LogP contribution in [0.2, 0.25) is 0 Å². The smallest absolute Gasteiger partial charge is 0.123 e. The number of methoxy groups -OCH3 is 1. The fourth-order valence-electron chi connectivity index (χ4n) is 2.86. The molecule has 3 nitrogen and oxygen atoms in total. The fourth-order valence-corrected chi connectivity index (χ4v) is 2.86. The van der Waals surface area contributed by atoms with Gasteiger partial charge in [-0.05, 0) is 49.9 Å². The summed E-state index contributed by atoms with van der Waals surface area (Å²) in [5, 5.41) is 3.39. The van der Waals surface area contributed by atoms with Crippen LogP contribution < -0.4 is 10.1 Å². The highest BCUT2D eigenvalue weighted by Crippen LogP contribution is 2.29. The van der Waals surface area contributed by atoms with Crippen LogP contribution in [0, 0.1) is 0 Å². The maximum Gasteiger partial charge on any atom is 0.123 e. The number of nitrogens with one attached hydrogen (secondary N) is 1. The minimum atomic E-state index is 0.348. The molecule has 0 saturated carbocycles. The van der Waals surface area contributed by atoms with Gasteiger partial charge in [-0.25, -0.2) is 0 Å². The molecule has 1 unspecified atom stereocenters. The minimum absolute atomic E-state index is 0.348. The molecule has 1 heterocycles. The summed E-state index contributed by atoms with van der Waals surface area (Å²) >= 11 is 0. The molecule has 0 amide bonds. The number of hydrogen-bond acceptors (Lipinski definition) is 3. The van der Waals surface area contributed by atoms with E-state index in [1.165, 1.54) is 43.2 Å². The highest BCUT2D eigenvalue weighted by molar-refractivity contribution is 5.40. The van der Waals surface area contributed by atoms with Gasteiger partial charge in [0.15, 0.2) is 0 Å². The van der Waals surface area contributed by atoms with Gasteiger partial charge in [0, 0.05) is 20.1 Å². The monoisotopic (exact) mass is 291 g/mol. The zero-order valence-corrected chi connectivity index (χ0v) is 13.5. The molecule has 0 saturated heterocycles. The number of rotatable bonds is 10. The van der Waals surface area contributed by atoms with Gasteiger partial charge in [0.1, 0.15) is 11.9 Å². The van der Waals surface area contributed by atoms with Crippen molar-refractivity contribution in [2.45, 2.75) is 51.6 Å². The van der Waals surface area contributed by atoms with Gasteiger partial charge in [-0.15, -0.1) is 0 Å². The molecule has 0 bridgehead atoms. The first kappa shape index (κ1) is 16.3. The molecular weight excluding hydrogens is 262 g/mol. The molecule has 0 aliphatic carbocycles. The summed E-state index contributed by atoms with van der Waals surface area (Å²) in [5.41, 5.74) is 2.85. The molecule has 1 aromatic rings. The Morgan fingerprint density at radius 3 is 2.90 bits per heavy atom. The number of unbranched alkanes of at least 4 members (excludes halogenated alkanes) is 3. The second kappa shape index (κ2) is 9.06. The maximum absolute atomic E-state index is 5.74. The molecule has 0 aromatic heterocycles. The first-order valence-electron chi connectivity index (χ1n) is 8.27. The van der Waals surface area contributed by atoms with Crippen LogP contribution in [0.4, 0.5) is 0 Å². The predicted molar refractivity (Wildman–Crippen MR) is 87.2 cm³/mol. The normalized spacial score (nSPS) is 16.8. The second-order valence-corrected chi connectivity index (χ2v) is 5.98. The van der Waals surface area contributed by atoms with E-state index in [9.17, 15) is 0 Å².